The van der Waals surface area contributed by atoms with Gasteiger partial charge in [-0.05, 0) is 67.9 Å². The molecule has 37 heavy (non-hydrogen) atoms. The van der Waals surface area contributed by atoms with E-state index >= 15 is 0 Å². The number of likely N-dealkylation sites (tertiary alicyclic amines) is 2. The Bertz CT molecular complexity index is 1280. The predicted molar refractivity (Wildman–Crippen MR) is 140 cm³/mol. The topological polar surface area (TPSA) is 107 Å². The molecule has 0 spiro atoms. The molecule has 2 saturated heterocycles. The fraction of sp³-hybridized carbons (Fsp3) is 0.407. The monoisotopic (exact) mass is 527 g/mol. The number of carbonyl (C=O) groups is 2. The second-order valence-corrected chi connectivity index (χ2v) is 11.6. The Morgan fingerprint density at radius 3 is 2.16 bits per heavy atom. The van der Waals surface area contributed by atoms with E-state index in [0.717, 1.165) is 30.2 Å². The number of hydrogen-bond acceptors (Lipinski definition) is 7. The largest absolute Gasteiger partial charge is 0.507 e. The highest BCUT2D eigenvalue weighted by atomic mass is 32.2. The maximum absolute atomic E-state index is 13.3. The maximum Gasteiger partial charge on any atom is 0.295 e. The van der Waals surface area contributed by atoms with Gasteiger partial charge in [-0.25, -0.2) is 12.7 Å². The number of aliphatic hydroxyl groups is 1. The first-order valence-electron chi connectivity index (χ1n) is 12.3. The van der Waals surface area contributed by atoms with Crippen LogP contribution in [0.3, 0.4) is 0 Å². The van der Waals surface area contributed by atoms with Gasteiger partial charge >= 0.3 is 0 Å². The number of rotatable bonds is 8. The molecule has 198 valence electrons. The van der Waals surface area contributed by atoms with E-state index in [1.54, 1.807) is 31.4 Å². The van der Waals surface area contributed by atoms with Gasteiger partial charge in [0.15, 0.2) is 0 Å². The Kier molecular flexibility index (Phi) is 8.01. The fourth-order valence-corrected chi connectivity index (χ4v) is 5.73. The number of nitrogens with zero attached hydrogens (tertiary/aromatic N) is 3. The SMILES string of the molecule is COc1ccc(C2C(=C(O)c3ccc(S(=O)(=O)N(C)C)cc3)C(=O)C(=O)N2CCN2CCCCC2)cc1. The maximum atomic E-state index is 13.3. The summed E-state index contributed by atoms with van der Waals surface area (Å²) in [5, 5.41) is 11.3. The van der Waals surface area contributed by atoms with Crippen LogP contribution in [0.4, 0.5) is 0 Å². The Balaban J connectivity index is 1.73. The van der Waals surface area contributed by atoms with Gasteiger partial charge in [0.2, 0.25) is 10.0 Å². The molecule has 1 unspecified atom stereocenters. The second-order valence-electron chi connectivity index (χ2n) is 9.48. The fourth-order valence-electron chi connectivity index (χ4n) is 4.83. The normalized spacial score (nSPS) is 20.5. The molecule has 2 heterocycles. The van der Waals surface area contributed by atoms with Crippen LogP contribution in [0.1, 0.15) is 36.4 Å². The average molecular weight is 528 g/mol. The van der Waals surface area contributed by atoms with Gasteiger partial charge in [0, 0.05) is 32.7 Å². The van der Waals surface area contributed by atoms with Crippen LogP contribution in [0.25, 0.3) is 5.76 Å². The molecule has 0 saturated carbocycles. The van der Waals surface area contributed by atoms with Gasteiger partial charge in [-0.2, -0.15) is 0 Å². The molecule has 2 aromatic carbocycles. The summed E-state index contributed by atoms with van der Waals surface area (Å²) in [6.07, 6.45) is 3.42. The van der Waals surface area contributed by atoms with Gasteiger partial charge in [0.05, 0.1) is 23.6 Å². The molecule has 2 aliphatic rings. The van der Waals surface area contributed by atoms with Crippen LogP contribution < -0.4 is 4.74 Å². The molecule has 1 atom stereocenters. The van der Waals surface area contributed by atoms with Gasteiger partial charge < -0.3 is 19.6 Å². The number of piperidine rings is 1. The van der Waals surface area contributed by atoms with Crippen molar-refractivity contribution in [2.24, 2.45) is 0 Å². The Morgan fingerprint density at radius 2 is 1.59 bits per heavy atom. The summed E-state index contributed by atoms with van der Waals surface area (Å²) in [5.41, 5.74) is 0.911. The quantitative estimate of drug-likeness (QED) is 0.320. The minimum Gasteiger partial charge on any atom is -0.507 e. The van der Waals surface area contributed by atoms with Gasteiger partial charge in [-0.3, -0.25) is 9.59 Å². The third-order valence-corrected chi connectivity index (χ3v) is 8.81. The zero-order valence-electron chi connectivity index (χ0n) is 21.4. The van der Waals surface area contributed by atoms with Crippen LogP contribution in [0.2, 0.25) is 0 Å². The molecule has 1 amide bonds. The highest BCUT2D eigenvalue weighted by Gasteiger charge is 2.46. The first kappa shape index (κ1) is 26.8. The molecule has 4 rings (SSSR count). The summed E-state index contributed by atoms with van der Waals surface area (Å²) in [6.45, 7) is 2.90. The van der Waals surface area contributed by atoms with Crippen molar-refractivity contribution in [3.8, 4) is 5.75 Å². The number of Topliss-reactive ketones (excluding diaryl/α,β-unsaturated/α-hetero) is 1. The van der Waals surface area contributed by atoms with Crippen molar-refractivity contribution in [2.45, 2.75) is 30.2 Å². The minimum absolute atomic E-state index is 0.0166. The number of ether oxygens (including phenoxy) is 1. The molecule has 9 nitrogen and oxygen atoms in total. The summed E-state index contributed by atoms with van der Waals surface area (Å²) in [4.78, 5) is 30.3. The predicted octanol–water partition coefficient (Wildman–Crippen LogP) is 2.85. The smallest absolute Gasteiger partial charge is 0.295 e. The summed E-state index contributed by atoms with van der Waals surface area (Å²) < 4.78 is 31.2. The van der Waals surface area contributed by atoms with E-state index in [0.29, 0.717) is 24.4 Å². The molecule has 2 fully saturated rings. The Morgan fingerprint density at radius 1 is 0.973 bits per heavy atom. The molecule has 2 aliphatic heterocycles. The van der Waals surface area contributed by atoms with Crippen molar-refractivity contribution in [2.75, 3.05) is 47.4 Å². The molecule has 1 N–H and O–H groups in total. The first-order chi connectivity index (χ1) is 17.6. The van der Waals surface area contributed by atoms with Crippen molar-refractivity contribution < 1.29 is 27.9 Å². The third kappa shape index (κ3) is 5.41. The lowest BCUT2D eigenvalue weighted by atomic mass is 9.95. The number of hydrogen-bond donors (Lipinski definition) is 1. The van der Waals surface area contributed by atoms with E-state index in [1.165, 1.54) is 49.7 Å². The molecule has 0 aromatic heterocycles. The zero-order valence-corrected chi connectivity index (χ0v) is 22.2. The second kappa shape index (κ2) is 11.0. The van der Waals surface area contributed by atoms with Crippen molar-refractivity contribution >= 4 is 27.5 Å². The van der Waals surface area contributed by atoms with Crippen molar-refractivity contribution in [1.29, 1.82) is 0 Å². The van der Waals surface area contributed by atoms with Crippen molar-refractivity contribution in [3.63, 3.8) is 0 Å². The molecule has 10 heteroatoms. The lowest BCUT2D eigenvalue weighted by Crippen LogP contribution is -2.39. The van der Waals surface area contributed by atoms with Crippen molar-refractivity contribution in [3.05, 3.63) is 65.2 Å². The third-order valence-electron chi connectivity index (χ3n) is 6.98. The Labute approximate surface area is 218 Å². The minimum atomic E-state index is -3.66. The summed E-state index contributed by atoms with van der Waals surface area (Å²) in [5.74, 6) is -1.13. The van der Waals surface area contributed by atoms with Crippen LogP contribution in [-0.2, 0) is 19.6 Å². The van der Waals surface area contributed by atoms with Crippen LogP contribution >= 0.6 is 0 Å². The first-order valence-corrected chi connectivity index (χ1v) is 13.8. The van der Waals surface area contributed by atoms with E-state index in [9.17, 15) is 23.1 Å². The molecular weight excluding hydrogens is 494 g/mol. The Hall–Kier alpha value is -3.21. The molecule has 2 aromatic rings. The number of benzene rings is 2. The van der Waals surface area contributed by atoms with Crippen LogP contribution in [0, 0.1) is 0 Å². The number of aliphatic hydroxyl groups excluding tert-OH is 1. The number of carbonyl (C=O) groups excluding carboxylic acids is 2. The van der Waals surface area contributed by atoms with Crippen molar-refractivity contribution in [1.82, 2.24) is 14.1 Å². The number of methoxy groups -OCH3 is 1. The number of amides is 1. The van der Waals surface area contributed by atoms with E-state index in [4.69, 9.17) is 4.74 Å². The van der Waals surface area contributed by atoms with Crippen LogP contribution in [0.5, 0.6) is 5.75 Å². The summed E-state index contributed by atoms with van der Waals surface area (Å²) in [6, 6.07) is 11.9. The zero-order chi connectivity index (χ0) is 26.7. The van der Waals surface area contributed by atoms with E-state index in [-0.39, 0.29) is 21.8 Å². The van der Waals surface area contributed by atoms with E-state index < -0.39 is 27.8 Å². The summed E-state index contributed by atoms with van der Waals surface area (Å²) in [7, 11) is 0.768. The van der Waals surface area contributed by atoms with E-state index in [2.05, 4.69) is 4.90 Å². The highest BCUT2D eigenvalue weighted by molar-refractivity contribution is 7.89. The number of ketones is 1. The van der Waals surface area contributed by atoms with Crippen LogP contribution in [-0.4, -0.2) is 86.7 Å². The molecule has 0 aliphatic carbocycles. The molecule has 0 bridgehead atoms. The average Bonchev–Trinajstić information content (AvgIpc) is 3.17. The van der Waals surface area contributed by atoms with Gasteiger partial charge in [0.1, 0.15) is 11.5 Å². The molecule has 0 radical (unpaired) electrons. The standard InChI is InChI=1S/C27H33N3O6S/c1-28(2)37(34,35)22-13-9-20(10-14-22)25(31)23-24(19-7-11-21(36-3)12-8-19)30(27(33)26(23)32)18-17-29-15-5-4-6-16-29/h7-14,24,31H,4-6,15-18H2,1-3H3. The van der Waals surface area contributed by atoms with Crippen LogP contribution in [0.15, 0.2) is 59.0 Å². The van der Waals surface area contributed by atoms with E-state index in [1.807, 2.05) is 0 Å². The van der Waals surface area contributed by atoms with Gasteiger partial charge in [-0.15, -0.1) is 0 Å². The summed E-state index contributed by atoms with van der Waals surface area (Å²) >= 11 is 0. The van der Waals surface area contributed by atoms with Gasteiger partial charge in [-0.1, -0.05) is 18.6 Å². The number of sulfonamides is 1. The van der Waals surface area contributed by atoms with Gasteiger partial charge in [0.25, 0.3) is 11.7 Å². The lowest BCUT2D eigenvalue weighted by molar-refractivity contribution is -0.140. The highest BCUT2D eigenvalue weighted by Crippen LogP contribution is 2.40. The lowest BCUT2D eigenvalue weighted by Gasteiger charge is -2.31. The molecular formula is C27H33N3O6S.